The molecule has 0 aliphatic carbocycles. The molecule has 0 spiro atoms. The molecule has 0 aliphatic heterocycles. The Morgan fingerprint density at radius 1 is 1.13 bits per heavy atom. The van der Waals surface area contributed by atoms with Gasteiger partial charge >= 0.3 is 6.09 Å². The lowest BCUT2D eigenvalue weighted by Crippen LogP contribution is -2.50. The van der Waals surface area contributed by atoms with Crippen LogP contribution in [-0.2, 0) is 17.8 Å². The second-order valence-corrected chi connectivity index (χ2v) is 5.71. The van der Waals surface area contributed by atoms with Crippen LogP contribution in [0.5, 0.6) is 0 Å². The van der Waals surface area contributed by atoms with Crippen LogP contribution in [0.25, 0.3) is 0 Å². The van der Waals surface area contributed by atoms with Crippen molar-refractivity contribution in [2.45, 2.75) is 25.5 Å². The summed E-state index contributed by atoms with van der Waals surface area (Å²) in [6.07, 6.45) is -0.239. The van der Waals surface area contributed by atoms with Gasteiger partial charge in [0.05, 0.1) is 12.1 Å². The maximum Gasteiger partial charge on any atom is 0.407 e. The first-order valence-electron chi connectivity index (χ1n) is 7.35. The predicted octanol–water partition coefficient (Wildman–Crippen LogP) is 3.05. The predicted molar refractivity (Wildman–Crippen MR) is 85.4 cm³/mol. The van der Waals surface area contributed by atoms with E-state index >= 15 is 0 Å². The zero-order valence-corrected chi connectivity index (χ0v) is 13.0. The van der Waals surface area contributed by atoms with Crippen molar-refractivity contribution < 1.29 is 19.0 Å². The third kappa shape index (κ3) is 5.38. The molecule has 0 aromatic heterocycles. The van der Waals surface area contributed by atoms with Crippen LogP contribution in [-0.4, -0.2) is 23.3 Å². The molecule has 0 saturated carbocycles. The quantitative estimate of drug-likeness (QED) is 0.861. The molecule has 1 unspecified atom stereocenters. The molecule has 2 aromatic carbocycles. The normalized spacial score (nSPS) is 13.2. The van der Waals surface area contributed by atoms with E-state index in [1.807, 2.05) is 30.3 Å². The average Bonchev–Trinajstić information content (AvgIpc) is 2.56. The van der Waals surface area contributed by atoms with E-state index in [1.54, 1.807) is 19.1 Å². The molecule has 0 aliphatic rings. The van der Waals surface area contributed by atoms with Crippen molar-refractivity contribution in [1.29, 1.82) is 0 Å². The van der Waals surface area contributed by atoms with E-state index < -0.39 is 11.6 Å². The fourth-order valence-electron chi connectivity index (χ4n) is 2.20. The minimum atomic E-state index is -0.883. The van der Waals surface area contributed by atoms with Gasteiger partial charge in [-0.3, -0.25) is 0 Å². The fraction of sp³-hybridized carbons (Fsp3) is 0.278. The van der Waals surface area contributed by atoms with E-state index in [2.05, 4.69) is 5.32 Å². The summed E-state index contributed by atoms with van der Waals surface area (Å²) in [4.78, 5) is 11.9. The number of nitrogens with one attached hydrogen (secondary N) is 1. The molecule has 23 heavy (non-hydrogen) atoms. The Kier molecular flexibility index (Phi) is 5.71. The fourth-order valence-corrected chi connectivity index (χ4v) is 2.20. The number of carbonyl (C=O) groups is 1. The number of aliphatic hydroxyl groups is 1. The summed E-state index contributed by atoms with van der Waals surface area (Å²) < 4.78 is 18.1. The summed E-state index contributed by atoms with van der Waals surface area (Å²) in [5, 5.41) is 12.3. The van der Waals surface area contributed by atoms with Gasteiger partial charge < -0.3 is 15.2 Å². The Labute approximate surface area is 134 Å². The number of aliphatic hydroxyl groups excluding tert-OH is 1. The number of hydrogen-bond acceptors (Lipinski definition) is 3. The first-order chi connectivity index (χ1) is 11.0. The second-order valence-electron chi connectivity index (χ2n) is 5.71. The van der Waals surface area contributed by atoms with Gasteiger partial charge in [0.15, 0.2) is 0 Å². The molecule has 0 fully saturated rings. The number of alkyl carbamates (subject to hydrolysis) is 1. The van der Waals surface area contributed by atoms with Crippen LogP contribution in [0.1, 0.15) is 18.1 Å². The van der Waals surface area contributed by atoms with Gasteiger partial charge in [0.1, 0.15) is 12.4 Å². The molecule has 0 radical (unpaired) electrons. The number of rotatable bonds is 6. The highest BCUT2D eigenvalue weighted by Gasteiger charge is 2.26. The molecule has 4 nitrogen and oxygen atoms in total. The van der Waals surface area contributed by atoms with Crippen LogP contribution in [0.4, 0.5) is 9.18 Å². The van der Waals surface area contributed by atoms with E-state index in [1.165, 1.54) is 12.1 Å². The van der Waals surface area contributed by atoms with Crippen LogP contribution in [0.3, 0.4) is 0 Å². The molecular weight excluding hydrogens is 297 g/mol. The number of halogens is 1. The van der Waals surface area contributed by atoms with Crippen molar-refractivity contribution in [3.05, 3.63) is 71.5 Å². The molecule has 122 valence electrons. The number of carbonyl (C=O) groups excluding carboxylic acids is 1. The van der Waals surface area contributed by atoms with Gasteiger partial charge in [-0.2, -0.15) is 0 Å². The summed E-state index contributed by atoms with van der Waals surface area (Å²) in [5.41, 5.74) is 0.809. The molecule has 0 heterocycles. The van der Waals surface area contributed by atoms with Crippen molar-refractivity contribution in [2.75, 3.05) is 6.61 Å². The van der Waals surface area contributed by atoms with Gasteiger partial charge in [0, 0.05) is 0 Å². The van der Waals surface area contributed by atoms with E-state index in [0.717, 1.165) is 11.1 Å². The number of hydrogen-bond donors (Lipinski definition) is 2. The molecule has 0 saturated heterocycles. The standard InChI is InChI=1S/C18H20FNO3/c1-18(13-21,11-14-7-9-16(19)10-8-14)20-17(22)23-12-15-5-3-2-4-6-15/h2-10,21H,11-13H2,1H3,(H,20,22). The third-order valence-corrected chi connectivity index (χ3v) is 3.47. The van der Waals surface area contributed by atoms with Gasteiger partial charge in [-0.15, -0.1) is 0 Å². The summed E-state index contributed by atoms with van der Waals surface area (Å²) in [7, 11) is 0. The summed E-state index contributed by atoms with van der Waals surface area (Å²) >= 11 is 0. The lowest BCUT2D eigenvalue weighted by molar-refractivity contribution is 0.111. The van der Waals surface area contributed by atoms with E-state index in [-0.39, 0.29) is 19.0 Å². The lowest BCUT2D eigenvalue weighted by Gasteiger charge is -2.28. The van der Waals surface area contributed by atoms with Crippen LogP contribution >= 0.6 is 0 Å². The third-order valence-electron chi connectivity index (χ3n) is 3.47. The van der Waals surface area contributed by atoms with Crippen molar-refractivity contribution in [2.24, 2.45) is 0 Å². The minimum Gasteiger partial charge on any atom is -0.445 e. The summed E-state index contributed by atoms with van der Waals surface area (Å²) in [5.74, 6) is -0.324. The Bertz CT molecular complexity index is 630. The SMILES string of the molecule is CC(CO)(Cc1ccc(F)cc1)NC(=O)OCc1ccccc1. The molecular formula is C18H20FNO3. The van der Waals surface area contributed by atoms with Crippen molar-refractivity contribution in [3.8, 4) is 0 Å². The van der Waals surface area contributed by atoms with Crippen LogP contribution in [0.15, 0.2) is 54.6 Å². The highest BCUT2D eigenvalue weighted by molar-refractivity contribution is 5.68. The van der Waals surface area contributed by atoms with Gasteiger partial charge in [-0.05, 0) is 36.6 Å². The van der Waals surface area contributed by atoms with Gasteiger partial charge in [-0.1, -0.05) is 42.5 Å². The first kappa shape index (κ1) is 17.0. The van der Waals surface area contributed by atoms with E-state index in [0.29, 0.717) is 6.42 Å². The maximum absolute atomic E-state index is 12.9. The number of amides is 1. The van der Waals surface area contributed by atoms with E-state index in [9.17, 15) is 14.3 Å². The van der Waals surface area contributed by atoms with Crippen LogP contribution in [0, 0.1) is 5.82 Å². The monoisotopic (exact) mass is 317 g/mol. The largest absolute Gasteiger partial charge is 0.445 e. The van der Waals surface area contributed by atoms with Crippen molar-refractivity contribution in [1.82, 2.24) is 5.32 Å². The molecule has 1 amide bonds. The highest BCUT2D eigenvalue weighted by Crippen LogP contribution is 2.14. The first-order valence-corrected chi connectivity index (χ1v) is 7.35. The van der Waals surface area contributed by atoms with Crippen molar-refractivity contribution in [3.63, 3.8) is 0 Å². The molecule has 2 rings (SSSR count). The smallest absolute Gasteiger partial charge is 0.407 e. The Morgan fingerprint density at radius 3 is 2.39 bits per heavy atom. The average molecular weight is 317 g/mol. The maximum atomic E-state index is 12.9. The van der Waals surface area contributed by atoms with Gasteiger partial charge in [0.2, 0.25) is 0 Å². The lowest BCUT2D eigenvalue weighted by atomic mass is 9.94. The Hall–Kier alpha value is -2.40. The summed E-state index contributed by atoms with van der Waals surface area (Å²) in [6.45, 7) is 1.61. The van der Waals surface area contributed by atoms with Gasteiger partial charge in [-0.25, -0.2) is 9.18 Å². The van der Waals surface area contributed by atoms with E-state index in [4.69, 9.17) is 4.74 Å². The topological polar surface area (TPSA) is 58.6 Å². The molecule has 5 heteroatoms. The zero-order chi connectivity index (χ0) is 16.7. The molecule has 2 aromatic rings. The van der Waals surface area contributed by atoms with Crippen LogP contribution in [0.2, 0.25) is 0 Å². The van der Waals surface area contributed by atoms with Crippen LogP contribution < -0.4 is 5.32 Å². The molecule has 2 N–H and O–H groups in total. The minimum absolute atomic E-state index is 0.157. The van der Waals surface area contributed by atoms with Crippen molar-refractivity contribution >= 4 is 6.09 Å². The Morgan fingerprint density at radius 2 is 1.78 bits per heavy atom. The second kappa shape index (κ2) is 7.74. The van der Waals surface area contributed by atoms with Gasteiger partial charge in [0.25, 0.3) is 0 Å². The molecule has 1 atom stereocenters. The Balaban J connectivity index is 1.91. The zero-order valence-electron chi connectivity index (χ0n) is 13.0. The highest BCUT2D eigenvalue weighted by atomic mass is 19.1. The number of benzene rings is 2. The molecule has 0 bridgehead atoms. The summed E-state index contributed by atoms with van der Waals surface area (Å²) in [6, 6.07) is 15.3. The number of ether oxygens (including phenoxy) is 1.